The molecule has 1 aliphatic heterocycles. The lowest BCUT2D eigenvalue weighted by atomic mass is 10.1. The molecule has 2 heterocycles. The number of aliphatic hydroxyl groups excluding tert-OH is 6. The highest BCUT2D eigenvalue weighted by Gasteiger charge is 2.43. The van der Waals surface area contributed by atoms with Crippen LogP contribution in [0, 0.1) is 0 Å². The van der Waals surface area contributed by atoms with Crippen LogP contribution in [0.15, 0.2) is 17.1 Å². The van der Waals surface area contributed by atoms with Gasteiger partial charge in [-0.05, 0) is 6.07 Å². The quantitative estimate of drug-likeness (QED) is 0.267. The molecule has 0 aliphatic carbocycles. The van der Waals surface area contributed by atoms with Crippen LogP contribution >= 0.6 is 19.8 Å². The van der Waals surface area contributed by atoms with Gasteiger partial charge in [-0.2, -0.15) is 4.98 Å². The molecule has 1 aromatic rings. The Morgan fingerprint density at radius 2 is 1.76 bits per heavy atom. The van der Waals surface area contributed by atoms with E-state index in [0.717, 1.165) is 4.57 Å². The van der Waals surface area contributed by atoms with Gasteiger partial charge in [0.05, 0.1) is 19.8 Å². The lowest BCUT2D eigenvalue weighted by Crippen LogP contribution is -2.36. The first-order chi connectivity index (χ1) is 10.8. The topological polar surface area (TPSA) is 192 Å². The minimum Gasteiger partial charge on any atom is -0.394 e. The van der Waals surface area contributed by atoms with E-state index < -0.39 is 42.9 Å². The predicted octanol–water partition coefficient (Wildman–Crippen LogP) is -2.51. The number of hydrogen-bond donors (Lipinski definition) is 7. The van der Waals surface area contributed by atoms with Crippen LogP contribution in [-0.2, 0) is 4.74 Å². The minimum atomic E-state index is -1.31. The number of rotatable bonds is 4. The first-order valence-electron chi connectivity index (χ1n) is 6.72. The summed E-state index contributed by atoms with van der Waals surface area (Å²) in [6.45, 7) is -1.18. The summed E-state index contributed by atoms with van der Waals surface area (Å²) in [4.78, 5) is 15.0. The van der Waals surface area contributed by atoms with Crippen LogP contribution < -0.4 is 11.4 Å². The normalized spacial score (nSPS) is 24.8. The third-order valence-electron chi connectivity index (χ3n) is 3.06. The van der Waals surface area contributed by atoms with E-state index in [-0.39, 0.29) is 38.8 Å². The number of nitrogen functional groups attached to an aromatic ring is 1. The van der Waals surface area contributed by atoms with Gasteiger partial charge in [-0.15, -0.1) is 0 Å². The zero-order valence-corrected chi connectivity index (χ0v) is 14.8. The molecule has 1 fully saturated rings. The molecule has 0 spiro atoms. The van der Waals surface area contributed by atoms with Crippen molar-refractivity contribution in [2.75, 3.05) is 25.6 Å². The Bertz CT molecular complexity index is 545. The molecule has 13 heteroatoms. The smallest absolute Gasteiger partial charge is 0.351 e. The number of nitrogens with two attached hydrogens (primary N) is 1. The van der Waals surface area contributed by atoms with E-state index in [1.807, 2.05) is 0 Å². The Balaban J connectivity index is 0. The van der Waals surface area contributed by atoms with Gasteiger partial charge in [0.25, 0.3) is 0 Å². The number of hydrogen-bond acceptors (Lipinski definition) is 10. The summed E-state index contributed by atoms with van der Waals surface area (Å²) < 4.78 is 6.19. The van der Waals surface area contributed by atoms with Gasteiger partial charge in [0.15, 0.2) is 6.23 Å². The molecule has 0 amide bonds. The summed E-state index contributed by atoms with van der Waals surface area (Å²) in [7, 11) is 0. The van der Waals surface area contributed by atoms with E-state index in [1.165, 1.54) is 12.3 Å². The molecule has 2 rings (SSSR count). The van der Waals surface area contributed by atoms with E-state index in [0.29, 0.717) is 0 Å². The Hall–Kier alpha value is -0.740. The molecular formula is C12H21N3O8P2. The fraction of sp³-hybridized carbons (Fsp3) is 0.667. The highest BCUT2D eigenvalue weighted by atomic mass is 31.0. The fourth-order valence-electron chi connectivity index (χ4n) is 1.79. The maximum absolute atomic E-state index is 11.5. The average Bonchev–Trinajstić information content (AvgIpc) is 2.82. The predicted molar refractivity (Wildman–Crippen MR) is 89.9 cm³/mol. The molecule has 25 heavy (non-hydrogen) atoms. The number of ether oxygens (including phenoxy) is 1. The second kappa shape index (κ2) is 12.6. The number of aromatic nitrogens is 2. The van der Waals surface area contributed by atoms with E-state index in [1.54, 1.807) is 0 Å². The summed E-state index contributed by atoms with van der Waals surface area (Å²) in [6, 6.07) is 1.37. The summed E-state index contributed by atoms with van der Waals surface area (Å²) >= 11 is 0. The van der Waals surface area contributed by atoms with Crippen LogP contribution in [0.2, 0.25) is 0 Å². The monoisotopic (exact) mass is 397 g/mol. The highest BCUT2D eigenvalue weighted by Crippen LogP contribution is 2.27. The molecule has 6 radical (unpaired) electrons. The first-order valence-corrected chi connectivity index (χ1v) is 6.72. The van der Waals surface area contributed by atoms with Gasteiger partial charge in [0.1, 0.15) is 30.2 Å². The zero-order valence-electron chi connectivity index (χ0n) is 13.0. The maximum atomic E-state index is 11.5. The van der Waals surface area contributed by atoms with Gasteiger partial charge in [-0.1, -0.05) is 0 Å². The van der Waals surface area contributed by atoms with E-state index in [4.69, 9.17) is 30.9 Å². The average molecular weight is 397 g/mol. The number of aliphatic hydroxyl groups is 6. The van der Waals surface area contributed by atoms with Crippen molar-refractivity contribution < 1.29 is 35.4 Å². The van der Waals surface area contributed by atoms with Gasteiger partial charge < -0.3 is 41.1 Å². The number of nitrogens with zero attached hydrogens (tertiary/aromatic N) is 2. The van der Waals surface area contributed by atoms with E-state index in [2.05, 4.69) is 4.98 Å². The second-order valence-corrected chi connectivity index (χ2v) is 4.79. The first kappa shape index (κ1) is 26.5. The fourth-order valence-corrected chi connectivity index (χ4v) is 1.79. The third-order valence-corrected chi connectivity index (χ3v) is 3.06. The molecule has 4 atom stereocenters. The Morgan fingerprint density at radius 1 is 1.20 bits per heavy atom. The largest absolute Gasteiger partial charge is 0.394 e. The van der Waals surface area contributed by atoms with Gasteiger partial charge in [-0.25, -0.2) is 4.79 Å². The second-order valence-electron chi connectivity index (χ2n) is 4.79. The molecule has 1 aliphatic rings. The van der Waals surface area contributed by atoms with E-state index in [9.17, 15) is 15.0 Å². The lowest BCUT2D eigenvalue weighted by Gasteiger charge is -2.16. The summed E-state index contributed by atoms with van der Waals surface area (Å²) in [5, 5.41) is 52.2. The molecule has 1 aromatic heterocycles. The molecule has 0 unspecified atom stereocenters. The molecule has 142 valence electrons. The zero-order chi connectivity index (χ0) is 17.6. The van der Waals surface area contributed by atoms with Crippen LogP contribution in [-0.4, -0.2) is 84.4 Å². The van der Waals surface area contributed by atoms with Crippen molar-refractivity contribution in [2.24, 2.45) is 0 Å². The molecule has 11 nitrogen and oxygen atoms in total. The molecule has 0 bridgehead atoms. The summed E-state index contributed by atoms with van der Waals surface area (Å²) in [5.74, 6) is 0.0537. The summed E-state index contributed by atoms with van der Waals surface area (Å²) in [6.07, 6.45) is -4.22. The van der Waals surface area contributed by atoms with Gasteiger partial charge >= 0.3 is 5.69 Å². The van der Waals surface area contributed by atoms with Crippen LogP contribution in [0.25, 0.3) is 0 Å². The van der Waals surface area contributed by atoms with Crippen molar-refractivity contribution in [3.05, 3.63) is 22.7 Å². The van der Waals surface area contributed by atoms with E-state index >= 15 is 0 Å². The van der Waals surface area contributed by atoms with Gasteiger partial charge in [0, 0.05) is 26.0 Å². The van der Waals surface area contributed by atoms with Gasteiger partial charge in [-0.3, -0.25) is 4.57 Å². The highest BCUT2D eigenvalue weighted by molar-refractivity contribution is 6.92. The summed E-state index contributed by atoms with van der Waals surface area (Å²) in [5.41, 5.74) is 4.63. The minimum absolute atomic E-state index is 0. The van der Waals surface area contributed by atoms with Crippen molar-refractivity contribution >= 4 is 25.6 Å². The van der Waals surface area contributed by atoms with Crippen molar-refractivity contribution in [2.45, 2.75) is 30.6 Å². The van der Waals surface area contributed by atoms with Crippen LogP contribution in [0.3, 0.4) is 0 Å². The molecule has 0 saturated carbocycles. The lowest BCUT2D eigenvalue weighted by molar-refractivity contribution is -0.0549. The van der Waals surface area contributed by atoms with Crippen molar-refractivity contribution in [3.8, 4) is 0 Å². The van der Waals surface area contributed by atoms with Crippen LogP contribution in [0.4, 0.5) is 5.82 Å². The van der Waals surface area contributed by atoms with Crippen LogP contribution in [0.5, 0.6) is 0 Å². The number of anilines is 1. The SMILES string of the molecule is Nc1ccn([C@@H]2O[C@H](CO)[C@@H](O)[C@H]2O)c(=O)n1.OCC(O)CO.[P].[P]. The van der Waals surface area contributed by atoms with Crippen molar-refractivity contribution in [1.29, 1.82) is 0 Å². The molecule has 8 N–H and O–H groups in total. The third kappa shape index (κ3) is 7.18. The Kier molecular flexibility index (Phi) is 13.3. The van der Waals surface area contributed by atoms with Crippen molar-refractivity contribution in [1.82, 2.24) is 9.55 Å². The van der Waals surface area contributed by atoms with Gasteiger partial charge in [0.2, 0.25) is 0 Å². The Labute approximate surface area is 150 Å². The Morgan fingerprint density at radius 3 is 2.12 bits per heavy atom. The standard InChI is InChI=1S/C9H13N3O5.C3H8O3.2P/c10-5-1-2-12(9(16)11-5)8-7(15)6(14)4(3-13)17-8;4-1-3(6)2-5;;/h1-2,4,6-8,13-15H,3H2,(H2,10,11,16);3-6H,1-2H2;;/t4-,6-,7-,8-;;;/m1.../s1. The van der Waals surface area contributed by atoms with Crippen LogP contribution in [0.1, 0.15) is 6.23 Å². The molecule has 1 saturated heterocycles. The maximum Gasteiger partial charge on any atom is 0.351 e. The molecule has 0 aromatic carbocycles. The van der Waals surface area contributed by atoms with Crippen molar-refractivity contribution in [3.63, 3.8) is 0 Å². The molecular weight excluding hydrogens is 376 g/mol.